The first-order valence-corrected chi connectivity index (χ1v) is 4.16. The van der Waals surface area contributed by atoms with E-state index in [2.05, 4.69) is 22.6 Å². The Hall–Kier alpha value is -1.58. The molecule has 0 heterocycles. The predicted octanol–water partition coefficient (Wildman–Crippen LogP) is 1.57. The first kappa shape index (κ1) is 12.4. The standard InChI is InChI=1S/C10H14O4/c1-5-8(4)10(12)14-6-13-9(11)7(2)3/h2,4-6H2,1,3H3. The number of carbonyl (C=O) groups excluding carboxylic acids is 2. The van der Waals surface area contributed by atoms with Gasteiger partial charge < -0.3 is 9.47 Å². The molecule has 0 bridgehead atoms. The molecule has 0 fully saturated rings. The lowest BCUT2D eigenvalue weighted by Crippen LogP contribution is -2.13. The molecule has 0 rings (SSSR count). The van der Waals surface area contributed by atoms with Gasteiger partial charge in [0.15, 0.2) is 0 Å². The summed E-state index contributed by atoms with van der Waals surface area (Å²) in [5, 5.41) is 0. The summed E-state index contributed by atoms with van der Waals surface area (Å²) in [4.78, 5) is 21.8. The zero-order chi connectivity index (χ0) is 11.1. The van der Waals surface area contributed by atoms with Crippen molar-refractivity contribution in [2.75, 3.05) is 6.79 Å². The van der Waals surface area contributed by atoms with E-state index in [1.165, 1.54) is 6.92 Å². The van der Waals surface area contributed by atoms with Crippen LogP contribution in [0.5, 0.6) is 0 Å². The molecule has 4 nitrogen and oxygen atoms in total. The van der Waals surface area contributed by atoms with Crippen molar-refractivity contribution in [2.24, 2.45) is 0 Å². The van der Waals surface area contributed by atoms with Crippen LogP contribution in [0.1, 0.15) is 20.3 Å². The fourth-order valence-corrected chi connectivity index (χ4v) is 0.506. The van der Waals surface area contributed by atoms with Crippen molar-refractivity contribution in [2.45, 2.75) is 20.3 Å². The van der Waals surface area contributed by atoms with Crippen molar-refractivity contribution in [3.05, 3.63) is 24.3 Å². The third-order valence-electron chi connectivity index (χ3n) is 1.44. The number of esters is 2. The quantitative estimate of drug-likeness (QED) is 0.382. The summed E-state index contributed by atoms with van der Waals surface area (Å²) in [7, 11) is 0. The van der Waals surface area contributed by atoms with Crippen molar-refractivity contribution in [1.29, 1.82) is 0 Å². The van der Waals surface area contributed by atoms with Gasteiger partial charge in [0.1, 0.15) is 0 Å². The zero-order valence-electron chi connectivity index (χ0n) is 8.46. The molecule has 0 saturated heterocycles. The summed E-state index contributed by atoms with van der Waals surface area (Å²) in [6.07, 6.45) is 0.507. The van der Waals surface area contributed by atoms with E-state index in [4.69, 9.17) is 0 Å². The first-order chi connectivity index (χ1) is 6.49. The molecule has 0 spiro atoms. The van der Waals surface area contributed by atoms with Crippen LogP contribution in [0.25, 0.3) is 0 Å². The lowest BCUT2D eigenvalue weighted by atomic mass is 10.2. The number of ether oxygens (including phenoxy) is 2. The SMILES string of the molecule is C=C(C)C(=O)OCOC(=O)C(=C)CC. The van der Waals surface area contributed by atoms with Crippen molar-refractivity contribution in [3.8, 4) is 0 Å². The highest BCUT2D eigenvalue weighted by Gasteiger charge is 2.08. The van der Waals surface area contributed by atoms with Gasteiger partial charge in [-0.05, 0) is 13.3 Å². The predicted molar refractivity (Wildman–Crippen MR) is 51.3 cm³/mol. The summed E-state index contributed by atoms with van der Waals surface area (Å²) < 4.78 is 9.14. The Kier molecular flexibility index (Phi) is 5.29. The number of carbonyl (C=O) groups is 2. The van der Waals surface area contributed by atoms with Gasteiger partial charge in [-0.3, -0.25) is 0 Å². The summed E-state index contributed by atoms with van der Waals surface area (Å²) >= 11 is 0. The van der Waals surface area contributed by atoms with Gasteiger partial charge >= 0.3 is 11.9 Å². The van der Waals surface area contributed by atoms with Crippen molar-refractivity contribution in [3.63, 3.8) is 0 Å². The molecule has 0 N–H and O–H groups in total. The summed E-state index contributed by atoms with van der Waals surface area (Å²) in [6.45, 7) is 9.74. The molecule has 0 aromatic heterocycles. The molecule has 0 aromatic rings. The van der Waals surface area contributed by atoms with Crippen LogP contribution in [0.3, 0.4) is 0 Å². The number of rotatable bonds is 5. The molecule has 0 aliphatic rings. The first-order valence-electron chi connectivity index (χ1n) is 4.16. The molecule has 0 atom stereocenters. The minimum atomic E-state index is -0.583. The van der Waals surface area contributed by atoms with E-state index in [9.17, 15) is 9.59 Å². The molecule has 0 radical (unpaired) electrons. The highest BCUT2D eigenvalue weighted by atomic mass is 16.7. The Bertz CT molecular complexity index is 265. The maximum Gasteiger partial charge on any atom is 0.336 e. The van der Waals surface area contributed by atoms with Crippen LogP contribution in [0.15, 0.2) is 24.3 Å². The van der Waals surface area contributed by atoms with Crippen molar-refractivity contribution >= 4 is 11.9 Å². The number of hydrogen-bond acceptors (Lipinski definition) is 4. The molecule has 14 heavy (non-hydrogen) atoms. The van der Waals surface area contributed by atoms with Crippen LogP contribution >= 0.6 is 0 Å². The Labute approximate surface area is 83.2 Å². The average Bonchev–Trinajstić information content (AvgIpc) is 2.15. The van der Waals surface area contributed by atoms with E-state index in [1.807, 2.05) is 0 Å². The van der Waals surface area contributed by atoms with Crippen LogP contribution in [0, 0.1) is 0 Å². The molecule has 0 unspecified atom stereocenters. The molecule has 0 aliphatic carbocycles. The minimum Gasteiger partial charge on any atom is -0.425 e. The lowest BCUT2D eigenvalue weighted by molar-refractivity contribution is -0.161. The maximum absolute atomic E-state index is 11.0. The molecule has 4 heteroatoms. The van der Waals surface area contributed by atoms with Crippen LogP contribution in [-0.2, 0) is 19.1 Å². The highest BCUT2D eigenvalue weighted by Crippen LogP contribution is 2.00. The van der Waals surface area contributed by atoms with E-state index in [0.717, 1.165) is 0 Å². The smallest absolute Gasteiger partial charge is 0.336 e. The Morgan fingerprint density at radius 1 is 1.14 bits per heavy atom. The highest BCUT2D eigenvalue weighted by molar-refractivity contribution is 5.88. The molecular formula is C10H14O4. The third kappa shape index (κ3) is 4.45. The topological polar surface area (TPSA) is 52.6 Å². The molecule has 0 amide bonds. The number of hydrogen-bond donors (Lipinski definition) is 0. The van der Waals surface area contributed by atoms with Gasteiger partial charge in [-0.1, -0.05) is 20.1 Å². The van der Waals surface area contributed by atoms with E-state index >= 15 is 0 Å². The minimum absolute atomic E-state index is 0.260. The van der Waals surface area contributed by atoms with Gasteiger partial charge in [-0.25, -0.2) is 9.59 Å². The van der Waals surface area contributed by atoms with Gasteiger partial charge in [0.2, 0.25) is 6.79 Å². The van der Waals surface area contributed by atoms with Gasteiger partial charge in [0.25, 0.3) is 0 Å². The molecule has 0 aromatic carbocycles. The molecule has 78 valence electrons. The largest absolute Gasteiger partial charge is 0.425 e. The molecule has 0 aliphatic heterocycles. The summed E-state index contributed by atoms with van der Waals surface area (Å²) in [5.74, 6) is -1.14. The monoisotopic (exact) mass is 198 g/mol. The Morgan fingerprint density at radius 3 is 2.07 bits per heavy atom. The van der Waals surface area contributed by atoms with E-state index in [0.29, 0.717) is 12.0 Å². The second-order valence-electron chi connectivity index (χ2n) is 2.72. The Balaban J connectivity index is 3.75. The van der Waals surface area contributed by atoms with Crippen molar-refractivity contribution < 1.29 is 19.1 Å². The van der Waals surface area contributed by atoms with Gasteiger partial charge in [0, 0.05) is 11.1 Å². The second kappa shape index (κ2) is 5.96. The van der Waals surface area contributed by atoms with E-state index in [1.54, 1.807) is 6.92 Å². The molecule has 0 saturated carbocycles. The summed E-state index contributed by atoms with van der Waals surface area (Å²) in [6, 6.07) is 0. The average molecular weight is 198 g/mol. The van der Waals surface area contributed by atoms with E-state index in [-0.39, 0.29) is 5.57 Å². The fraction of sp³-hybridized carbons (Fsp3) is 0.400. The van der Waals surface area contributed by atoms with Crippen LogP contribution < -0.4 is 0 Å². The van der Waals surface area contributed by atoms with Crippen LogP contribution in [0.2, 0.25) is 0 Å². The van der Waals surface area contributed by atoms with Gasteiger partial charge in [0.05, 0.1) is 0 Å². The summed E-state index contributed by atoms with van der Waals surface area (Å²) in [5.41, 5.74) is 0.603. The third-order valence-corrected chi connectivity index (χ3v) is 1.44. The Morgan fingerprint density at radius 2 is 1.64 bits per heavy atom. The normalized spacial score (nSPS) is 9.00. The van der Waals surface area contributed by atoms with Crippen molar-refractivity contribution in [1.82, 2.24) is 0 Å². The van der Waals surface area contributed by atoms with Gasteiger partial charge in [-0.15, -0.1) is 0 Å². The molecular weight excluding hydrogens is 184 g/mol. The zero-order valence-corrected chi connectivity index (χ0v) is 8.46. The van der Waals surface area contributed by atoms with Gasteiger partial charge in [-0.2, -0.15) is 0 Å². The maximum atomic E-state index is 11.0. The lowest BCUT2D eigenvalue weighted by Gasteiger charge is -2.06. The van der Waals surface area contributed by atoms with Crippen LogP contribution in [-0.4, -0.2) is 18.7 Å². The van der Waals surface area contributed by atoms with E-state index < -0.39 is 18.7 Å². The fourth-order valence-electron chi connectivity index (χ4n) is 0.506. The van der Waals surface area contributed by atoms with Crippen LogP contribution in [0.4, 0.5) is 0 Å². The second-order valence-corrected chi connectivity index (χ2v) is 2.72.